The largest absolute Gasteiger partial charge is 0.543 e. The molecular weight excluding hydrogens is 584 g/mol. The molecule has 5 rings (SSSR count). The zero-order valence-corrected chi connectivity index (χ0v) is 23.4. The minimum atomic E-state index is -1.47. The summed E-state index contributed by atoms with van der Waals surface area (Å²) in [6.07, 6.45) is 3.52. The fourth-order valence-corrected chi connectivity index (χ4v) is 6.20. The van der Waals surface area contributed by atoms with Crippen molar-refractivity contribution < 1.29 is 28.9 Å². The van der Waals surface area contributed by atoms with Crippen molar-refractivity contribution in [1.29, 1.82) is 0 Å². The van der Waals surface area contributed by atoms with Crippen molar-refractivity contribution in [2.75, 3.05) is 37.0 Å². The number of nitrogens with one attached hydrogen (secondary N) is 2. The second kappa shape index (κ2) is 12.1. The number of imidazole rings is 1. The molecule has 2 aliphatic rings. The number of carbonyl (C=O) groups excluding carboxylic acids is 3. The van der Waals surface area contributed by atoms with E-state index in [1.165, 1.54) is 24.3 Å². The number of hydrogen-bond acceptors (Lipinski definition) is 13. The maximum absolute atomic E-state index is 13.1. The Balaban J connectivity index is 0.00000370. The number of rotatable bonds is 10. The third kappa shape index (κ3) is 5.40. The Hall–Kier alpha value is -3.93. The molecule has 2 aliphatic heterocycles. The normalized spacial score (nSPS) is 18.6. The highest BCUT2D eigenvalue weighted by molar-refractivity contribution is 8.00. The maximum atomic E-state index is 13.1. The molecule has 0 unspecified atom stereocenters. The summed E-state index contributed by atoms with van der Waals surface area (Å²) in [6, 6.07) is 2.68. The number of aliphatic carboxylic acids is 1. The molecule has 40 heavy (non-hydrogen) atoms. The molecule has 1 saturated heterocycles. The van der Waals surface area contributed by atoms with E-state index >= 15 is 0 Å². The van der Waals surface area contributed by atoms with Crippen molar-refractivity contribution >= 4 is 75.6 Å². The summed E-state index contributed by atoms with van der Waals surface area (Å²) in [5.74, 6) is -1.79. The smallest absolute Gasteiger partial charge is 0.307 e. The van der Waals surface area contributed by atoms with Gasteiger partial charge in [0.2, 0.25) is 0 Å². The fraction of sp³-hybridized carbons (Fsp3) is 0.318. The predicted molar refractivity (Wildman–Crippen MR) is 147 cm³/mol. The number of carbonyl (C=O) groups is 3. The number of thiazole rings is 1. The third-order valence-electron chi connectivity index (χ3n) is 6.02. The monoisotopic (exact) mass is 608 g/mol. The van der Waals surface area contributed by atoms with Gasteiger partial charge in [-0.05, 0) is 6.07 Å². The molecular formula is C22H25ClN10O5S2. The Morgan fingerprint density at radius 3 is 2.85 bits per heavy atom. The zero-order valence-electron chi connectivity index (χ0n) is 21.0. The number of nitrogens with two attached hydrogens (primary N) is 2. The number of nitrogens with zero attached hydrogens (tertiary/aromatic N) is 6. The molecule has 0 radical (unpaired) electrons. The lowest BCUT2D eigenvalue weighted by Crippen LogP contribution is -2.71. The number of halogens is 1. The zero-order chi connectivity index (χ0) is 27.7. The van der Waals surface area contributed by atoms with Crippen molar-refractivity contribution in [3.8, 4) is 0 Å². The number of anilines is 2. The topological polar surface area (TPSA) is 209 Å². The number of carboxylic acid groups (broad SMARTS) is 1. The van der Waals surface area contributed by atoms with Crippen molar-refractivity contribution in [3.05, 3.63) is 46.9 Å². The van der Waals surface area contributed by atoms with Gasteiger partial charge in [0.15, 0.2) is 22.9 Å². The Morgan fingerprint density at radius 2 is 2.17 bits per heavy atom. The summed E-state index contributed by atoms with van der Waals surface area (Å²) in [7, 11) is 1.27. The summed E-state index contributed by atoms with van der Waals surface area (Å²) in [5, 5.41) is 27.2. The minimum Gasteiger partial charge on any atom is -0.543 e. The molecule has 15 nitrogen and oxygen atoms in total. The van der Waals surface area contributed by atoms with Gasteiger partial charge in [0.05, 0.1) is 11.7 Å². The van der Waals surface area contributed by atoms with E-state index in [9.17, 15) is 19.5 Å². The lowest BCUT2D eigenvalue weighted by atomic mass is 10.0. The van der Waals surface area contributed by atoms with E-state index in [1.807, 2.05) is 10.6 Å². The molecule has 5 heterocycles. The molecule has 3 aromatic heterocycles. The van der Waals surface area contributed by atoms with Gasteiger partial charge in [-0.2, -0.15) is 0 Å². The van der Waals surface area contributed by atoms with Crippen LogP contribution in [-0.2, 0) is 25.8 Å². The third-order valence-corrected chi connectivity index (χ3v) is 8.04. The molecule has 18 heteroatoms. The fourth-order valence-electron chi connectivity index (χ4n) is 4.32. The summed E-state index contributed by atoms with van der Waals surface area (Å²) >= 11 is 2.46. The van der Waals surface area contributed by atoms with Crippen molar-refractivity contribution in [1.82, 2.24) is 24.8 Å². The van der Waals surface area contributed by atoms with Crippen LogP contribution in [0.2, 0.25) is 0 Å². The molecule has 0 aliphatic carbocycles. The van der Waals surface area contributed by atoms with Crippen LogP contribution in [-0.4, -0.2) is 80.4 Å². The standard InChI is InChI=1S/C22H24N10O5S2.ClH/c1-37-29-15(12-10-39-22(24)26-12)18(33)27-16-19(34)32-17(21(35)36)11(9-38-20(16)32)8-30-6-7-31-14(30)3-2-13(28-31)25-5-4-23;/h2-3,6-7,10,16,20H,4-5,8-9,23H2,1H3,(H4-,24,25,26,27,28,33,35,36);1H/b29-15-;/t16-,20-;/m1./s1. The molecule has 0 aromatic carbocycles. The van der Waals surface area contributed by atoms with Gasteiger partial charge >= 0.3 is 5.65 Å². The Labute approximate surface area is 241 Å². The van der Waals surface area contributed by atoms with E-state index < -0.39 is 29.2 Å². The number of fused-ring (bicyclic) bond motifs is 2. The Morgan fingerprint density at radius 1 is 1.38 bits per heavy atom. The van der Waals surface area contributed by atoms with Crippen LogP contribution in [0.3, 0.4) is 0 Å². The number of β-lactam (4-membered cyclic amide) rings is 1. The van der Waals surface area contributed by atoms with Gasteiger partial charge in [-0.15, -0.1) is 35.5 Å². The maximum Gasteiger partial charge on any atom is 0.307 e. The van der Waals surface area contributed by atoms with Crippen molar-refractivity contribution in [2.45, 2.75) is 18.0 Å². The summed E-state index contributed by atoms with van der Waals surface area (Å²) in [6.45, 7) is 1.24. The van der Waals surface area contributed by atoms with Gasteiger partial charge in [0.25, 0.3) is 11.8 Å². The Bertz CT molecular complexity index is 1520. The lowest BCUT2D eigenvalue weighted by Gasteiger charge is -2.50. The van der Waals surface area contributed by atoms with E-state index in [1.54, 1.807) is 23.0 Å². The van der Waals surface area contributed by atoms with E-state index in [4.69, 9.17) is 16.3 Å². The number of thioether (sulfide) groups is 1. The van der Waals surface area contributed by atoms with Crippen molar-refractivity contribution in [3.63, 3.8) is 0 Å². The average Bonchev–Trinajstić information content (AvgIpc) is 3.54. The first-order valence-electron chi connectivity index (χ1n) is 11.7. The second-order valence-corrected chi connectivity index (χ2v) is 10.5. The highest BCUT2D eigenvalue weighted by Gasteiger charge is 2.53. The minimum absolute atomic E-state index is 0. The van der Waals surface area contributed by atoms with Gasteiger partial charge in [-0.3, -0.25) is 14.5 Å². The van der Waals surface area contributed by atoms with Crippen LogP contribution in [0, 0.1) is 0 Å². The van der Waals surface area contributed by atoms with Crippen LogP contribution in [0.1, 0.15) is 5.69 Å². The van der Waals surface area contributed by atoms with Crippen LogP contribution in [0.4, 0.5) is 10.9 Å². The summed E-state index contributed by atoms with van der Waals surface area (Å²) in [5.41, 5.74) is 12.2. The number of aromatic nitrogens is 4. The average molecular weight is 609 g/mol. The quantitative estimate of drug-likeness (QED) is 0.0848. The molecule has 6 N–H and O–H groups in total. The number of carboxylic acids is 1. The molecule has 0 spiro atoms. The van der Waals surface area contributed by atoms with Crippen LogP contribution in [0.25, 0.3) is 5.65 Å². The molecule has 0 bridgehead atoms. The first-order chi connectivity index (χ1) is 18.8. The van der Waals surface area contributed by atoms with E-state index in [2.05, 4.69) is 25.9 Å². The molecule has 0 saturated carbocycles. The summed E-state index contributed by atoms with van der Waals surface area (Å²) in [4.78, 5) is 48.1. The second-order valence-electron chi connectivity index (χ2n) is 8.46. The van der Waals surface area contributed by atoms with Crippen LogP contribution >= 0.6 is 35.5 Å². The molecule has 3 aromatic rings. The molecule has 2 amide bonds. The number of oxime groups is 1. The SMILES string of the molecule is CO/N=C(\C(=O)N[C@@H]1C(=O)N2C(C(=O)[O-])=C(C[n+]3ccn4nc(NCCN)ccc43)CS[C@H]12)c1csc(N)n1.Cl. The number of amides is 2. The van der Waals surface area contributed by atoms with Crippen LogP contribution in [0.5, 0.6) is 0 Å². The van der Waals surface area contributed by atoms with Gasteiger partial charge in [-0.1, -0.05) is 14.8 Å². The van der Waals surface area contributed by atoms with E-state index in [-0.39, 0.29) is 41.2 Å². The van der Waals surface area contributed by atoms with Crippen LogP contribution in [0.15, 0.2) is 46.3 Å². The first-order valence-corrected chi connectivity index (χ1v) is 13.6. The van der Waals surface area contributed by atoms with Crippen LogP contribution < -0.4 is 31.8 Å². The Kier molecular flexibility index (Phi) is 8.77. The van der Waals surface area contributed by atoms with Gasteiger partial charge in [-0.25, -0.2) is 9.55 Å². The van der Waals surface area contributed by atoms with Crippen molar-refractivity contribution in [2.24, 2.45) is 10.9 Å². The predicted octanol–water partition coefficient (Wildman–Crippen LogP) is -2.09. The molecule has 212 valence electrons. The van der Waals surface area contributed by atoms with Gasteiger partial charge in [0, 0.05) is 35.9 Å². The number of hydrogen-bond donors (Lipinski definition) is 4. The van der Waals surface area contributed by atoms with Gasteiger partial charge < -0.3 is 36.8 Å². The van der Waals surface area contributed by atoms with E-state index in [0.29, 0.717) is 30.2 Å². The van der Waals surface area contributed by atoms with E-state index in [0.717, 1.165) is 21.9 Å². The lowest BCUT2D eigenvalue weighted by molar-refractivity contribution is -0.662. The van der Waals surface area contributed by atoms with Gasteiger partial charge in [0.1, 0.15) is 37.0 Å². The molecule has 1 fully saturated rings. The first kappa shape index (κ1) is 29.1. The highest BCUT2D eigenvalue weighted by atomic mass is 35.5. The summed E-state index contributed by atoms with van der Waals surface area (Å²) < 4.78 is 3.49. The highest BCUT2D eigenvalue weighted by Crippen LogP contribution is 2.40. The molecule has 2 atom stereocenters. The number of nitrogen functional groups attached to an aromatic ring is 1.